The number of nitrogens with zero attached hydrogens (tertiary/aromatic N) is 5. The third kappa shape index (κ3) is 4.33. The fraction of sp³-hybridized carbons (Fsp3) is 0.138. The number of nitrogen functional groups attached to an aromatic ring is 1. The monoisotopic (exact) mass is 487 g/mol. The van der Waals surface area contributed by atoms with Crippen LogP contribution < -0.4 is 11.1 Å². The fourth-order valence-electron chi connectivity index (χ4n) is 4.64. The fourth-order valence-corrected chi connectivity index (χ4v) is 4.64. The molecule has 8 heteroatoms. The number of nitrogens with one attached hydrogen (secondary N) is 1. The zero-order valence-electron chi connectivity index (χ0n) is 20.3. The van der Waals surface area contributed by atoms with E-state index in [2.05, 4.69) is 37.0 Å². The third-order valence-corrected chi connectivity index (χ3v) is 6.56. The van der Waals surface area contributed by atoms with Gasteiger partial charge in [0.25, 0.3) is 5.91 Å². The van der Waals surface area contributed by atoms with Gasteiger partial charge >= 0.3 is 0 Å². The standard InChI is InChI=1S/C29H25N7O/c1-18-14-25-28(33-16-18)36(27(35-25)23-5-3-13-32-26(23)30)22-9-6-19(7-10-22)17-34-29(37)21-8-11-24-20(15-21)4-2-12-31-24/h2-6,8-9,11-16H,7,10,17H2,1H3,(H2,30,32)(H,34,37). The number of fused-ring (bicyclic) bond motifs is 2. The Morgan fingerprint density at radius 1 is 1.00 bits per heavy atom. The zero-order chi connectivity index (χ0) is 25.4. The van der Waals surface area contributed by atoms with Crippen LogP contribution >= 0.6 is 0 Å². The maximum Gasteiger partial charge on any atom is 0.251 e. The van der Waals surface area contributed by atoms with Gasteiger partial charge in [-0.3, -0.25) is 14.3 Å². The lowest BCUT2D eigenvalue weighted by Gasteiger charge is -2.18. The summed E-state index contributed by atoms with van der Waals surface area (Å²) in [5.41, 5.74) is 13.3. The average molecular weight is 488 g/mol. The molecule has 0 aliphatic heterocycles. The quantitative estimate of drug-likeness (QED) is 0.364. The van der Waals surface area contributed by atoms with Crippen LogP contribution in [0, 0.1) is 6.92 Å². The summed E-state index contributed by atoms with van der Waals surface area (Å²) >= 11 is 0. The van der Waals surface area contributed by atoms with Crippen molar-refractivity contribution in [1.29, 1.82) is 0 Å². The molecule has 182 valence electrons. The number of hydrogen-bond acceptors (Lipinski definition) is 6. The molecule has 8 nitrogen and oxygen atoms in total. The van der Waals surface area contributed by atoms with E-state index in [4.69, 9.17) is 10.7 Å². The number of aryl methyl sites for hydroxylation is 1. The van der Waals surface area contributed by atoms with E-state index < -0.39 is 0 Å². The van der Waals surface area contributed by atoms with Crippen LogP contribution in [0.5, 0.6) is 0 Å². The summed E-state index contributed by atoms with van der Waals surface area (Å²) in [7, 11) is 0. The molecule has 0 spiro atoms. The van der Waals surface area contributed by atoms with Gasteiger partial charge in [0.05, 0.1) is 11.1 Å². The van der Waals surface area contributed by atoms with Crippen molar-refractivity contribution >= 4 is 39.5 Å². The average Bonchev–Trinajstić information content (AvgIpc) is 3.30. The highest BCUT2D eigenvalue weighted by Gasteiger charge is 2.20. The first-order valence-corrected chi connectivity index (χ1v) is 12.1. The second-order valence-corrected chi connectivity index (χ2v) is 9.14. The number of imidazole rings is 1. The summed E-state index contributed by atoms with van der Waals surface area (Å²) in [5.74, 6) is 1.05. The van der Waals surface area contributed by atoms with Gasteiger partial charge < -0.3 is 11.1 Å². The van der Waals surface area contributed by atoms with Crippen LogP contribution in [0.3, 0.4) is 0 Å². The summed E-state index contributed by atoms with van der Waals surface area (Å²) in [6.45, 7) is 2.49. The molecule has 6 rings (SSSR count). The van der Waals surface area contributed by atoms with E-state index in [1.807, 2.05) is 61.7 Å². The number of anilines is 1. The number of aromatic nitrogens is 5. The molecule has 4 aromatic heterocycles. The van der Waals surface area contributed by atoms with E-state index in [1.54, 1.807) is 12.4 Å². The smallest absolute Gasteiger partial charge is 0.251 e. The van der Waals surface area contributed by atoms with E-state index >= 15 is 0 Å². The van der Waals surface area contributed by atoms with Crippen LogP contribution in [0.15, 0.2) is 84.8 Å². The lowest BCUT2D eigenvalue weighted by atomic mass is 10.0. The topological polar surface area (TPSA) is 112 Å². The number of benzene rings is 1. The normalized spacial score (nSPS) is 13.4. The van der Waals surface area contributed by atoms with E-state index in [1.165, 1.54) is 0 Å². The largest absolute Gasteiger partial charge is 0.383 e. The molecule has 0 atom stereocenters. The predicted molar refractivity (Wildman–Crippen MR) is 146 cm³/mol. The number of carbonyl (C=O) groups is 1. The number of amides is 1. The molecule has 0 bridgehead atoms. The number of pyridine rings is 3. The first-order chi connectivity index (χ1) is 18.1. The van der Waals surface area contributed by atoms with Crippen LogP contribution in [0.1, 0.15) is 28.8 Å². The minimum Gasteiger partial charge on any atom is -0.383 e. The molecule has 1 aliphatic rings. The van der Waals surface area contributed by atoms with Gasteiger partial charge in [0.2, 0.25) is 0 Å². The molecule has 0 saturated carbocycles. The summed E-state index contributed by atoms with van der Waals surface area (Å²) < 4.78 is 2.07. The summed E-state index contributed by atoms with van der Waals surface area (Å²) in [6, 6.07) is 15.2. The Balaban J connectivity index is 1.27. The molecule has 4 heterocycles. The molecule has 0 saturated heterocycles. The Kier molecular flexibility index (Phi) is 5.69. The van der Waals surface area contributed by atoms with Crippen molar-refractivity contribution in [3.05, 3.63) is 96.0 Å². The maximum absolute atomic E-state index is 12.8. The first-order valence-electron chi connectivity index (χ1n) is 12.1. The number of allylic oxidation sites excluding steroid dienone is 3. The first kappa shape index (κ1) is 22.6. The number of hydrogen-bond donors (Lipinski definition) is 2. The molecule has 1 aromatic carbocycles. The second-order valence-electron chi connectivity index (χ2n) is 9.14. The van der Waals surface area contributed by atoms with Gasteiger partial charge in [0.1, 0.15) is 17.2 Å². The predicted octanol–water partition coefficient (Wildman–Crippen LogP) is 4.92. The lowest BCUT2D eigenvalue weighted by molar-refractivity contribution is 0.0957. The summed E-state index contributed by atoms with van der Waals surface area (Å²) in [6.07, 6.45) is 11.0. The Morgan fingerprint density at radius 3 is 2.70 bits per heavy atom. The Morgan fingerprint density at radius 2 is 1.86 bits per heavy atom. The highest BCUT2D eigenvalue weighted by molar-refractivity contribution is 5.98. The maximum atomic E-state index is 12.8. The molecular formula is C29H25N7O. The molecule has 0 fully saturated rings. The van der Waals surface area contributed by atoms with E-state index in [0.29, 0.717) is 17.9 Å². The zero-order valence-corrected chi connectivity index (χ0v) is 20.3. The highest BCUT2D eigenvalue weighted by atomic mass is 16.1. The van der Waals surface area contributed by atoms with E-state index in [-0.39, 0.29) is 5.91 Å². The highest BCUT2D eigenvalue weighted by Crippen LogP contribution is 2.33. The van der Waals surface area contributed by atoms with Gasteiger partial charge in [0, 0.05) is 41.8 Å². The van der Waals surface area contributed by atoms with Crippen molar-refractivity contribution < 1.29 is 4.79 Å². The molecule has 3 N–H and O–H groups in total. The van der Waals surface area contributed by atoms with Crippen LogP contribution in [0.4, 0.5) is 5.82 Å². The van der Waals surface area contributed by atoms with Crippen molar-refractivity contribution in [3.8, 4) is 11.4 Å². The third-order valence-electron chi connectivity index (χ3n) is 6.56. The molecule has 5 aromatic rings. The molecule has 37 heavy (non-hydrogen) atoms. The molecule has 0 unspecified atom stereocenters. The van der Waals surface area contributed by atoms with Crippen molar-refractivity contribution in [2.75, 3.05) is 12.3 Å². The number of nitrogens with two attached hydrogens (primary N) is 1. The van der Waals surface area contributed by atoms with E-state index in [9.17, 15) is 4.79 Å². The molecule has 1 amide bonds. The Labute approximate surface area is 213 Å². The van der Waals surface area contributed by atoms with Crippen molar-refractivity contribution in [1.82, 2.24) is 29.8 Å². The van der Waals surface area contributed by atoms with Crippen molar-refractivity contribution in [2.45, 2.75) is 19.8 Å². The van der Waals surface area contributed by atoms with Gasteiger partial charge in [-0.2, -0.15) is 0 Å². The van der Waals surface area contributed by atoms with Crippen molar-refractivity contribution in [3.63, 3.8) is 0 Å². The molecular weight excluding hydrogens is 462 g/mol. The lowest BCUT2D eigenvalue weighted by Crippen LogP contribution is -2.26. The summed E-state index contributed by atoms with van der Waals surface area (Å²) in [5, 5.41) is 4.00. The summed E-state index contributed by atoms with van der Waals surface area (Å²) in [4.78, 5) is 30.9. The van der Waals surface area contributed by atoms with Gasteiger partial charge in [-0.1, -0.05) is 17.7 Å². The van der Waals surface area contributed by atoms with Crippen LogP contribution in [-0.4, -0.2) is 37.0 Å². The SMILES string of the molecule is Cc1cnc2c(c1)nc(-c1cccnc1N)n2C1=CC=C(CNC(=O)c2ccc3ncccc3c2)CC1. The van der Waals surface area contributed by atoms with Gasteiger partial charge in [0.15, 0.2) is 5.65 Å². The number of carbonyl (C=O) groups excluding carboxylic acids is 1. The van der Waals surface area contributed by atoms with Gasteiger partial charge in [-0.25, -0.2) is 15.0 Å². The van der Waals surface area contributed by atoms with E-state index in [0.717, 1.165) is 63.1 Å². The number of rotatable bonds is 5. The van der Waals surface area contributed by atoms with Crippen LogP contribution in [0.2, 0.25) is 0 Å². The van der Waals surface area contributed by atoms with Gasteiger partial charge in [-0.05, 0) is 73.9 Å². The Hall–Kier alpha value is -4.85. The van der Waals surface area contributed by atoms with Crippen LogP contribution in [-0.2, 0) is 0 Å². The molecule has 0 radical (unpaired) electrons. The minimum absolute atomic E-state index is 0.101. The van der Waals surface area contributed by atoms with Gasteiger partial charge in [-0.15, -0.1) is 0 Å². The minimum atomic E-state index is -0.101. The Bertz CT molecular complexity index is 1730. The van der Waals surface area contributed by atoms with Crippen LogP contribution in [0.25, 0.3) is 39.2 Å². The second kappa shape index (κ2) is 9.31. The van der Waals surface area contributed by atoms with Crippen molar-refractivity contribution in [2.24, 2.45) is 0 Å². The molecule has 1 aliphatic carbocycles.